The van der Waals surface area contributed by atoms with Gasteiger partial charge in [-0.2, -0.15) is 0 Å². The van der Waals surface area contributed by atoms with Crippen molar-refractivity contribution in [3.63, 3.8) is 0 Å². The molecule has 0 aromatic carbocycles. The summed E-state index contributed by atoms with van der Waals surface area (Å²) in [6.45, 7) is 0.649. The number of hydrogen-bond donors (Lipinski definition) is 3. The molecule has 0 aliphatic rings. The van der Waals surface area contributed by atoms with E-state index in [-0.39, 0.29) is 5.91 Å². The van der Waals surface area contributed by atoms with Gasteiger partial charge in [0.05, 0.1) is 22.0 Å². The van der Waals surface area contributed by atoms with Crippen LogP contribution in [-0.2, 0) is 4.79 Å². The number of hydrogen-bond acceptors (Lipinski definition) is 4. The Morgan fingerprint density at radius 3 is 2.87 bits per heavy atom. The van der Waals surface area contributed by atoms with E-state index in [0.717, 1.165) is 10.2 Å². The number of aromatic nitrogens is 1. The number of pyridine rings is 1. The van der Waals surface area contributed by atoms with Crippen LogP contribution in [0.25, 0.3) is 0 Å². The molecule has 0 fully saturated rings. The highest BCUT2D eigenvalue weighted by Crippen LogP contribution is 2.26. The lowest BCUT2D eigenvalue weighted by Crippen LogP contribution is -2.13. The first-order valence-electron chi connectivity index (χ1n) is 4.52. The van der Waals surface area contributed by atoms with Crippen LogP contribution < -0.4 is 16.8 Å². The number of amides is 1. The van der Waals surface area contributed by atoms with Gasteiger partial charge in [-0.15, -0.1) is 0 Å². The van der Waals surface area contributed by atoms with Crippen molar-refractivity contribution >= 4 is 33.2 Å². The van der Waals surface area contributed by atoms with Crippen LogP contribution in [0.1, 0.15) is 12.8 Å². The largest absolute Gasteiger partial charge is 0.396 e. The van der Waals surface area contributed by atoms with Gasteiger partial charge in [-0.3, -0.25) is 9.78 Å². The average molecular weight is 273 g/mol. The lowest BCUT2D eigenvalue weighted by Gasteiger charge is -2.09. The first-order valence-corrected chi connectivity index (χ1v) is 5.31. The summed E-state index contributed by atoms with van der Waals surface area (Å²) in [6, 6.07) is 0. The summed E-state index contributed by atoms with van der Waals surface area (Å²) < 4.78 is 0.807. The molecule has 0 saturated heterocycles. The number of carbonyl (C=O) groups is 1. The summed E-state index contributed by atoms with van der Waals surface area (Å²) >= 11 is 3.33. The van der Waals surface area contributed by atoms with Crippen LogP contribution >= 0.6 is 15.9 Å². The lowest BCUT2D eigenvalue weighted by atomic mass is 10.3. The summed E-state index contributed by atoms with van der Waals surface area (Å²) in [5.74, 6) is -0.293. The summed E-state index contributed by atoms with van der Waals surface area (Å²) in [4.78, 5) is 14.4. The first-order chi connectivity index (χ1) is 7.11. The van der Waals surface area contributed by atoms with Crippen LogP contribution in [0.4, 0.5) is 11.4 Å². The number of halogens is 1. The minimum Gasteiger partial charge on any atom is -0.396 e. The first kappa shape index (κ1) is 11.8. The van der Waals surface area contributed by atoms with E-state index in [1.807, 2.05) is 0 Å². The molecule has 5 nitrogen and oxygen atoms in total. The minimum absolute atomic E-state index is 0.293. The molecular weight excluding hydrogens is 260 g/mol. The molecule has 5 N–H and O–H groups in total. The molecule has 1 heterocycles. The molecule has 1 aromatic rings. The van der Waals surface area contributed by atoms with Gasteiger partial charge in [0.2, 0.25) is 5.91 Å². The van der Waals surface area contributed by atoms with Gasteiger partial charge in [-0.05, 0) is 22.4 Å². The molecule has 1 aromatic heterocycles. The third kappa shape index (κ3) is 3.75. The molecule has 0 saturated carbocycles. The van der Waals surface area contributed by atoms with Crippen LogP contribution in [0.2, 0.25) is 0 Å². The van der Waals surface area contributed by atoms with Crippen LogP contribution in [0, 0.1) is 0 Å². The van der Waals surface area contributed by atoms with Crippen molar-refractivity contribution < 1.29 is 4.79 Å². The number of nitrogens with one attached hydrogen (secondary N) is 1. The Hall–Kier alpha value is -1.30. The quantitative estimate of drug-likeness (QED) is 0.700. The van der Waals surface area contributed by atoms with E-state index in [1.54, 1.807) is 12.4 Å². The SMILES string of the molecule is NC(=O)CCCNc1c(N)cncc1Br. The molecule has 0 aliphatic heterocycles. The van der Waals surface area contributed by atoms with E-state index in [0.29, 0.717) is 25.1 Å². The standard InChI is InChI=1S/C9H13BrN4O/c10-6-4-13-5-7(11)9(6)14-3-1-2-8(12)15/h4-5H,1-3,11H2,(H2,12,15)(H,13,14). The van der Waals surface area contributed by atoms with Crippen LogP contribution in [-0.4, -0.2) is 17.4 Å². The Kier molecular flexibility index (Phi) is 4.36. The summed E-state index contributed by atoms with van der Waals surface area (Å²) in [5.41, 5.74) is 12.1. The number of nitrogens with zero attached hydrogens (tertiary/aromatic N) is 1. The van der Waals surface area contributed by atoms with E-state index in [9.17, 15) is 4.79 Å². The number of rotatable bonds is 5. The van der Waals surface area contributed by atoms with Crippen molar-refractivity contribution in [1.29, 1.82) is 0 Å². The van der Waals surface area contributed by atoms with Crippen molar-refractivity contribution in [2.75, 3.05) is 17.6 Å². The van der Waals surface area contributed by atoms with E-state index in [4.69, 9.17) is 11.5 Å². The fourth-order valence-electron chi connectivity index (χ4n) is 1.11. The van der Waals surface area contributed by atoms with E-state index < -0.39 is 0 Å². The zero-order valence-corrected chi connectivity index (χ0v) is 9.75. The van der Waals surface area contributed by atoms with Gasteiger partial charge in [-0.1, -0.05) is 0 Å². The summed E-state index contributed by atoms with van der Waals surface area (Å²) in [6.07, 6.45) is 4.28. The maximum absolute atomic E-state index is 10.5. The molecule has 0 radical (unpaired) electrons. The molecule has 82 valence electrons. The number of anilines is 2. The van der Waals surface area contributed by atoms with Gasteiger partial charge >= 0.3 is 0 Å². The smallest absolute Gasteiger partial charge is 0.217 e. The van der Waals surface area contributed by atoms with Crippen LogP contribution in [0.15, 0.2) is 16.9 Å². The Labute approximate surface area is 96.4 Å². The highest BCUT2D eigenvalue weighted by molar-refractivity contribution is 9.10. The Morgan fingerprint density at radius 2 is 2.27 bits per heavy atom. The second kappa shape index (κ2) is 5.55. The van der Waals surface area contributed by atoms with Gasteiger partial charge < -0.3 is 16.8 Å². The molecule has 6 heteroatoms. The molecule has 1 amide bonds. The Bertz CT molecular complexity index is 336. The molecule has 0 bridgehead atoms. The predicted octanol–water partition coefficient (Wildman–Crippen LogP) is 1.10. The van der Waals surface area contributed by atoms with Gasteiger partial charge in [0.25, 0.3) is 0 Å². The molecule has 0 atom stereocenters. The molecule has 0 spiro atoms. The number of nitrogens with two attached hydrogens (primary N) is 2. The fourth-order valence-corrected chi connectivity index (χ4v) is 1.60. The highest BCUT2D eigenvalue weighted by atomic mass is 79.9. The monoisotopic (exact) mass is 272 g/mol. The third-order valence-corrected chi connectivity index (χ3v) is 2.43. The molecule has 0 aliphatic carbocycles. The summed E-state index contributed by atoms with van der Waals surface area (Å²) in [7, 11) is 0. The molecule has 0 unspecified atom stereocenters. The van der Waals surface area contributed by atoms with Crippen molar-refractivity contribution in [2.45, 2.75) is 12.8 Å². The van der Waals surface area contributed by atoms with Gasteiger partial charge in [-0.25, -0.2) is 0 Å². The van der Waals surface area contributed by atoms with Gasteiger partial charge in [0.1, 0.15) is 0 Å². The van der Waals surface area contributed by atoms with Crippen molar-refractivity contribution in [3.05, 3.63) is 16.9 Å². The fraction of sp³-hybridized carbons (Fsp3) is 0.333. The van der Waals surface area contributed by atoms with E-state index in [1.165, 1.54) is 0 Å². The maximum Gasteiger partial charge on any atom is 0.217 e. The number of carbonyl (C=O) groups excluding carboxylic acids is 1. The van der Waals surface area contributed by atoms with Crippen LogP contribution in [0.3, 0.4) is 0 Å². The molecule has 1 rings (SSSR count). The van der Waals surface area contributed by atoms with E-state index >= 15 is 0 Å². The van der Waals surface area contributed by atoms with Crippen molar-refractivity contribution in [2.24, 2.45) is 5.73 Å². The topological polar surface area (TPSA) is 94.0 Å². The maximum atomic E-state index is 10.5. The summed E-state index contributed by atoms with van der Waals surface area (Å²) in [5, 5.41) is 3.12. The second-order valence-electron chi connectivity index (χ2n) is 3.08. The minimum atomic E-state index is -0.293. The molecular formula is C9H13BrN4O. The van der Waals surface area contributed by atoms with Gasteiger partial charge in [0, 0.05) is 19.2 Å². The van der Waals surface area contributed by atoms with E-state index in [2.05, 4.69) is 26.2 Å². The zero-order valence-electron chi connectivity index (χ0n) is 8.16. The zero-order chi connectivity index (χ0) is 11.3. The normalized spacial score (nSPS) is 9.93. The second-order valence-corrected chi connectivity index (χ2v) is 3.94. The predicted molar refractivity (Wildman–Crippen MR) is 63.3 cm³/mol. The average Bonchev–Trinajstić information content (AvgIpc) is 2.15. The van der Waals surface area contributed by atoms with Crippen molar-refractivity contribution in [3.8, 4) is 0 Å². The highest BCUT2D eigenvalue weighted by Gasteiger charge is 2.03. The Balaban J connectivity index is 2.47. The van der Waals surface area contributed by atoms with Crippen LogP contribution in [0.5, 0.6) is 0 Å². The molecule has 15 heavy (non-hydrogen) atoms. The number of nitrogen functional groups attached to an aromatic ring is 1. The van der Waals surface area contributed by atoms with Gasteiger partial charge in [0.15, 0.2) is 0 Å². The van der Waals surface area contributed by atoms with Crippen molar-refractivity contribution in [1.82, 2.24) is 4.98 Å². The lowest BCUT2D eigenvalue weighted by molar-refractivity contribution is -0.118. The number of primary amides is 1. The third-order valence-electron chi connectivity index (χ3n) is 1.83. The Morgan fingerprint density at radius 1 is 1.53 bits per heavy atom.